The Kier molecular flexibility index (Phi) is 2.48. The molecule has 1 aromatic heterocycles. The fourth-order valence-electron chi connectivity index (χ4n) is 1.13. The van der Waals surface area contributed by atoms with Crippen molar-refractivity contribution in [2.24, 2.45) is 0 Å². The van der Waals surface area contributed by atoms with E-state index in [-0.39, 0.29) is 4.90 Å². The molecule has 7 nitrogen and oxygen atoms in total. The zero-order chi connectivity index (χ0) is 25.2. The van der Waals surface area contributed by atoms with Crippen molar-refractivity contribution in [3.63, 3.8) is 0 Å². The number of nitrogens with zero attached hydrogens (tertiary/aromatic N) is 3. The molecule has 120 valence electrons. The molecule has 1 fully saturated rings. The van der Waals surface area contributed by atoms with Crippen molar-refractivity contribution in [1.82, 2.24) is 14.1 Å². The standard InChI is InChI=1S/C13H24N4O3S/c1-13(2,3)14-8-10(18)9-20-12-11(15-21-16-12)17-4-6-19-7-5-17/h10,14,18H,4-9H2,1-3H3/t10-/m1/s1/i4D2,5D2,6D2,7D2,8D2,10D. The fourth-order valence-corrected chi connectivity index (χ4v) is 1.62. The number of anilines is 1. The molecule has 2 heterocycles. The van der Waals surface area contributed by atoms with Crippen molar-refractivity contribution in [1.29, 1.82) is 0 Å². The third-order valence-corrected chi connectivity index (χ3v) is 2.50. The van der Waals surface area contributed by atoms with Crippen LogP contribution in [0.25, 0.3) is 0 Å². The average Bonchev–Trinajstić information content (AvgIpc) is 2.95. The zero-order valence-electron chi connectivity index (χ0n) is 22.7. The Balaban J connectivity index is 2.41. The summed E-state index contributed by atoms with van der Waals surface area (Å²) >= 11 is 0.392. The van der Waals surface area contributed by atoms with Crippen molar-refractivity contribution in [3.05, 3.63) is 0 Å². The summed E-state index contributed by atoms with van der Waals surface area (Å²) in [5, 5.41) is 12.8. The maximum absolute atomic E-state index is 10.3. The second-order valence-corrected chi connectivity index (χ2v) is 5.52. The molecule has 1 aliphatic heterocycles. The second-order valence-electron chi connectivity index (χ2n) is 4.99. The highest BCUT2D eigenvalue weighted by atomic mass is 32.1. The number of nitrogens with one attached hydrogen (secondary N) is 1. The molecule has 21 heavy (non-hydrogen) atoms. The molecule has 0 saturated carbocycles. The highest BCUT2D eigenvalue weighted by molar-refractivity contribution is 6.99. The molecule has 2 rings (SSSR count). The molecule has 0 radical (unpaired) electrons. The summed E-state index contributed by atoms with van der Waals surface area (Å²) in [6.45, 7) is -12.2. The van der Waals surface area contributed by atoms with Gasteiger partial charge in [0, 0.05) is 27.8 Å². The molecular weight excluding hydrogens is 292 g/mol. The van der Waals surface area contributed by atoms with E-state index in [4.69, 9.17) is 19.8 Å². The Hall–Kier alpha value is -0.960. The van der Waals surface area contributed by atoms with Gasteiger partial charge in [0.2, 0.25) is 5.82 Å². The van der Waals surface area contributed by atoms with Crippen molar-refractivity contribution in [3.8, 4) is 5.88 Å². The molecule has 0 spiro atoms. The highest BCUT2D eigenvalue weighted by Gasteiger charge is 2.21. The molecule has 1 atom stereocenters. The van der Waals surface area contributed by atoms with Crippen molar-refractivity contribution in [2.75, 3.05) is 44.1 Å². The Morgan fingerprint density at radius 1 is 1.57 bits per heavy atom. The number of aromatic nitrogens is 2. The minimum absolute atomic E-state index is 0.0490. The number of rotatable bonds is 6. The Labute approximate surface area is 145 Å². The number of hydrogen-bond acceptors (Lipinski definition) is 8. The number of morpholine rings is 1. The number of β-amino-alcohol motifs (C(OH)–C–C–N with tert-alkyl or cyclic N) is 1. The van der Waals surface area contributed by atoms with Crippen LogP contribution in [-0.2, 0) is 4.74 Å². The average molecular weight is 327 g/mol. The summed E-state index contributed by atoms with van der Waals surface area (Å²) < 4.78 is 104. The first-order chi connectivity index (χ1) is 14.0. The maximum atomic E-state index is 10.3. The normalized spacial score (nSPS) is 37.3. The van der Waals surface area contributed by atoms with Crippen LogP contribution in [0.3, 0.4) is 0 Å². The third kappa shape index (κ3) is 5.39. The van der Waals surface area contributed by atoms with Gasteiger partial charge < -0.3 is 24.8 Å². The minimum atomic E-state index is -3.33. The van der Waals surface area contributed by atoms with Crippen LogP contribution in [0.5, 0.6) is 5.88 Å². The molecule has 0 bridgehead atoms. The topological polar surface area (TPSA) is 79.7 Å². The summed E-state index contributed by atoms with van der Waals surface area (Å²) in [6, 6.07) is 0. The van der Waals surface area contributed by atoms with E-state index in [1.54, 1.807) is 20.8 Å². The quantitative estimate of drug-likeness (QED) is 0.787. The Morgan fingerprint density at radius 3 is 2.95 bits per heavy atom. The van der Waals surface area contributed by atoms with Crippen LogP contribution >= 0.6 is 11.7 Å². The van der Waals surface area contributed by atoms with E-state index < -0.39 is 62.5 Å². The predicted molar refractivity (Wildman–Crippen MR) is 82.2 cm³/mol. The van der Waals surface area contributed by atoms with Crippen LogP contribution in [0.4, 0.5) is 5.82 Å². The fraction of sp³-hybridized carbons (Fsp3) is 0.846. The predicted octanol–water partition coefficient (Wildman–Crippen LogP) is 0.502. The summed E-state index contributed by atoms with van der Waals surface area (Å²) in [5.41, 5.74) is -0.830. The van der Waals surface area contributed by atoms with Crippen LogP contribution in [0.2, 0.25) is 0 Å². The molecule has 0 unspecified atom stereocenters. The van der Waals surface area contributed by atoms with Gasteiger partial charge in [-0.2, -0.15) is 4.37 Å². The number of ether oxygens (including phenoxy) is 2. The first-order valence-electron chi connectivity index (χ1n) is 11.5. The van der Waals surface area contributed by atoms with Gasteiger partial charge in [0.25, 0.3) is 5.88 Å². The van der Waals surface area contributed by atoms with Gasteiger partial charge in [0.15, 0.2) is 0 Å². The molecule has 0 aromatic carbocycles. The van der Waals surface area contributed by atoms with E-state index in [9.17, 15) is 5.11 Å². The third-order valence-electron chi connectivity index (χ3n) is 2.00. The van der Waals surface area contributed by atoms with Crippen LogP contribution < -0.4 is 15.0 Å². The second kappa shape index (κ2) is 7.35. The SMILES string of the molecule is [2H]C1([2H])OC([2H])([2H])C([2H])([2H])N(c2nsnc2OC[C@]([2H])(O)C([2H])([2H])NC(C)(C)C)C1([2H])[2H]. The molecule has 1 saturated heterocycles. The maximum Gasteiger partial charge on any atom is 0.270 e. The molecule has 8 heteroatoms. The van der Waals surface area contributed by atoms with Crippen molar-refractivity contribution in [2.45, 2.75) is 32.4 Å². The van der Waals surface area contributed by atoms with Crippen LogP contribution in [-0.4, -0.2) is 64.7 Å². The molecule has 0 amide bonds. The first kappa shape index (κ1) is 7.08. The molecule has 2 N–H and O–H groups in total. The van der Waals surface area contributed by atoms with Gasteiger partial charge in [-0.05, 0) is 20.8 Å². The minimum Gasteiger partial charge on any atom is -0.472 e. The Morgan fingerprint density at radius 2 is 2.29 bits per heavy atom. The summed E-state index contributed by atoms with van der Waals surface area (Å²) in [6.07, 6.45) is -2.90. The summed E-state index contributed by atoms with van der Waals surface area (Å²) in [5.74, 6) is -1.41. The molecule has 1 aromatic rings. The largest absolute Gasteiger partial charge is 0.472 e. The summed E-state index contributed by atoms with van der Waals surface area (Å²) in [7, 11) is 0. The van der Waals surface area contributed by atoms with E-state index in [0.717, 1.165) is 0 Å². The van der Waals surface area contributed by atoms with Crippen LogP contribution in [0, 0.1) is 0 Å². The zero-order valence-corrected chi connectivity index (χ0v) is 12.5. The van der Waals surface area contributed by atoms with E-state index in [2.05, 4.69) is 18.8 Å². The van der Waals surface area contributed by atoms with Gasteiger partial charge in [-0.15, -0.1) is 4.37 Å². The van der Waals surface area contributed by atoms with E-state index in [1.807, 2.05) is 0 Å². The number of hydrogen-bond donors (Lipinski definition) is 2. The van der Waals surface area contributed by atoms with Gasteiger partial charge in [-0.25, -0.2) is 0 Å². The lowest BCUT2D eigenvalue weighted by Crippen LogP contribution is -2.42. The lowest BCUT2D eigenvalue weighted by Gasteiger charge is -2.27. The van der Waals surface area contributed by atoms with Crippen molar-refractivity contribution >= 4 is 17.5 Å². The monoisotopic (exact) mass is 327 g/mol. The van der Waals surface area contributed by atoms with Crippen LogP contribution in [0.1, 0.15) is 35.8 Å². The van der Waals surface area contributed by atoms with Crippen molar-refractivity contribution < 1.29 is 29.7 Å². The van der Waals surface area contributed by atoms with Crippen LogP contribution in [0.15, 0.2) is 0 Å². The van der Waals surface area contributed by atoms with E-state index in [0.29, 0.717) is 11.7 Å². The number of aliphatic hydroxyl groups is 1. The molecule has 1 aliphatic rings. The Bertz CT molecular complexity index is 817. The lowest BCUT2D eigenvalue weighted by molar-refractivity contribution is 0.0975. The molecule has 0 aliphatic carbocycles. The van der Waals surface area contributed by atoms with Gasteiger partial charge in [-0.3, -0.25) is 0 Å². The van der Waals surface area contributed by atoms with Gasteiger partial charge in [-0.1, -0.05) is 0 Å². The first-order valence-corrected chi connectivity index (χ1v) is 6.69. The molecular formula is C13H24N4O3S. The van der Waals surface area contributed by atoms with E-state index in [1.165, 1.54) is 0 Å². The highest BCUT2D eigenvalue weighted by Crippen LogP contribution is 2.26. The smallest absolute Gasteiger partial charge is 0.270 e. The van der Waals surface area contributed by atoms with Gasteiger partial charge in [0.05, 0.1) is 37.2 Å². The van der Waals surface area contributed by atoms with Gasteiger partial charge >= 0.3 is 0 Å². The van der Waals surface area contributed by atoms with E-state index >= 15 is 0 Å². The lowest BCUT2D eigenvalue weighted by atomic mass is 10.1. The summed E-state index contributed by atoms with van der Waals surface area (Å²) in [4.78, 5) is 0.0490. The van der Waals surface area contributed by atoms with Gasteiger partial charge in [0.1, 0.15) is 12.7 Å².